The zero-order valence-electron chi connectivity index (χ0n) is 16.7. The maximum Gasteiger partial charge on any atom is 0.318 e. The molecular formula is C22H28FN3O2. The summed E-state index contributed by atoms with van der Waals surface area (Å²) in [4.78, 5) is 26.1. The van der Waals surface area contributed by atoms with Crippen LogP contribution < -0.4 is 10.6 Å². The van der Waals surface area contributed by atoms with Gasteiger partial charge in [0.25, 0.3) is 0 Å². The van der Waals surface area contributed by atoms with Crippen molar-refractivity contribution in [2.24, 2.45) is 0 Å². The highest BCUT2D eigenvalue weighted by Gasteiger charge is 2.19. The van der Waals surface area contributed by atoms with Crippen LogP contribution in [0.3, 0.4) is 0 Å². The average molecular weight is 385 g/mol. The van der Waals surface area contributed by atoms with E-state index in [-0.39, 0.29) is 23.8 Å². The smallest absolute Gasteiger partial charge is 0.318 e. The van der Waals surface area contributed by atoms with Crippen LogP contribution in [0.15, 0.2) is 48.5 Å². The van der Waals surface area contributed by atoms with Gasteiger partial charge in [-0.05, 0) is 55.7 Å². The van der Waals surface area contributed by atoms with E-state index < -0.39 is 0 Å². The summed E-state index contributed by atoms with van der Waals surface area (Å²) in [6.07, 6.45) is 1.27. The van der Waals surface area contributed by atoms with Gasteiger partial charge in [0.05, 0.1) is 6.04 Å². The molecule has 2 N–H and O–H groups in total. The molecule has 0 fully saturated rings. The minimum absolute atomic E-state index is 0.0195. The summed E-state index contributed by atoms with van der Waals surface area (Å²) >= 11 is 0. The summed E-state index contributed by atoms with van der Waals surface area (Å²) in [5.74, 6) is -0.316. The normalized spacial score (nSPS) is 11.6. The van der Waals surface area contributed by atoms with Gasteiger partial charge in [0.2, 0.25) is 5.91 Å². The lowest BCUT2D eigenvalue weighted by atomic mass is 10.1. The summed E-state index contributed by atoms with van der Waals surface area (Å²) in [6, 6.07) is 13.2. The maximum atomic E-state index is 13.1. The first-order valence-corrected chi connectivity index (χ1v) is 9.63. The number of hydrogen-bond donors (Lipinski definition) is 2. The molecule has 0 bridgehead atoms. The van der Waals surface area contributed by atoms with Gasteiger partial charge in [0.1, 0.15) is 5.82 Å². The van der Waals surface area contributed by atoms with Crippen molar-refractivity contribution in [3.05, 3.63) is 65.5 Å². The highest BCUT2D eigenvalue weighted by molar-refractivity contribution is 5.90. The van der Waals surface area contributed by atoms with E-state index in [4.69, 9.17) is 0 Å². The predicted octanol–water partition coefficient (Wildman–Crippen LogP) is 4.86. The van der Waals surface area contributed by atoms with Crippen LogP contribution in [0.4, 0.5) is 14.9 Å². The highest BCUT2D eigenvalue weighted by Crippen LogP contribution is 2.20. The number of amides is 3. The molecule has 0 saturated heterocycles. The van der Waals surface area contributed by atoms with Crippen LogP contribution in [0.2, 0.25) is 0 Å². The molecule has 150 valence electrons. The molecular weight excluding hydrogens is 357 g/mol. The first-order chi connectivity index (χ1) is 13.4. The van der Waals surface area contributed by atoms with Crippen molar-refractivity contribution in [3.8, 4) is 0 Å². The fraction of sp³-hybridized carbons (Fsp3) is 0.364. The third kappa shape index (κ3) is 6.08. The van der Waals surface area contributed by atoms with Crippen LogP contribution in [0, 0.1) is 5.82 Å². The second kappa shape index (κ2) is 10.4. The summed E-state index contributed by atoms with van der Waals surface area (Å²) in [5, 5.41) is 5.77. The Hall–Kier alpha value is -2.89. The summed E-state index contributed by atoms with van der Waals surface area (Å²) < 4.78 is 13.1. The number of anilines is 1. The number of nitrogens with one attached hydrogen (secondary N) is 2. The van der Waals surface area contributed by atoms with Crippen LogP contribution in [0.25, 0.3) is 0 Å². The van der Waals surface area contributed by atoms with Crippen molar-refractivity contribution < 1.29 is 14.0 Å². The second-order valence-electron chi connectivity index (χ2n) is 6.67. The topological polar surface area (TPSA) is 61.4 Å². The van der Waals surface area contributed by atoms with Crippen molar-refractivity contribution in [2.75, 3.05) is 11.9 Å². The van der Waals surface area contributed by atoms with Crippen LogP contribution in [0.5, 0.6) is 0 Å². The Bertz CT molecular complexity index is 793. The SMILES string of the molecule is CCCC(=O)Nc1cccc(CNC(=O)N(CC)C(C)c2ccc(F)cc2)c1. The standard InChI is InChI=1S/C22H28FN3O2/c1-4-7-21(27)25-20-9-6-8-17(14-20)15-24-22(28)26(5-2)16(3)18-10-12-19(23)13-11-18/h6,8-14,16H,4-5,7,15H2,1-3H3,(H,24,28)(H,25,27). The van der Waals surface area contributed by atoms with E-state index >= 15 is 0 Å². The third-order valence-corrected chi connectivity index (χ3v) is 4.55. The van der Waals surface area contributed by atoms with Crippen LogP contribution in [0.1, 0.15) is 50.8 Å². The lowest BCUT2D eigenvalue weighted by molar-refractivity contribution is -0.116. The molecule has 0 heterocycles. The van der Waals surface area contributed by atoms with Gasteiger partial charge >= 0.3 is 6.03 Å². The molecule has 2 rings (SSSR count). The number of carbonyl (C=O) groups excluding carboxylic acids is 2. The van der Waals surface area contributed by atoms with E-state index in [1.165, 1.54) is 12.1 Å². The Kier molecular flexibility index (Phi) is 7.99. The lowest BCUT2D eigenvalue weighted by Crippen LogP contribution is -2.41. The Morgan fingerprint density at radius 3 is 2.46 bits per heavy atom. The summed E-state index contributed by atoms with van der Waals surface area (Å²) in [6.45, 7) is 6.65. The lowest BCUT2D eigenvalue weighted by Gasteiger charge is -2.28. The Labute approximate surface area is 165 Å². The second-order valence-corrected chi connectivity index (χ2v) is 6.67. The Morgan fingerprint density at radius 2 is 1.82 bits per heavy atom. The molecule has 0 saturated carbocycles. The van der Waals surface area contributed by atoms with Crippen molar-refractivity contribution in [1.29, 1.82) is 0 Å². The molecule has 28 heavy (non-hydrogen) atoms. The minimum Gasteiger partial charge on any atom is -0.334 e. The molecule has 3 amide bonds. The predicted molar refractivity (Wildman–Crippen MR) is 109 cm³/mol. The van der Waals surface area contributed by atoms with Crippen molar-refractivity contribution in [3.63, 3.8) is 0 Å². The quantitative estimate of drug-likeness (QED) is 0.682. The van der Waals surface area contributed by atoms with E-state index in [9.17, 15) is 14.0 Å². The number of benzene rings is 2. The zero-order valence-corrected chi connectivity index (χ0v) is 16.7. The van der Waals surface area contributed by atoms with Gasteiger partial charge < -0.3 is 15.5 Å². The zero-order chi connectivity index (χ0) is 20.5. The third-order valence-electron chi connectivity index (χ3n) is 4.55. The fourth-order valence-corrected chi connectivity index (χ4v) is 3.00. The summed E-state index contributed by atoms with van der Waals surface area (Å²) in [7, 11) is 0. The molecule has 1 atom stereocenters. The van der Waals surface area contributed by atoms with Crippen LogP contribution in [-0.2, 0) is 11.3 Å². The van der Waals surface area contributed by atoms with E-state index in [2.05, 4.69) is 10.6 Å². The Morgan fingerprint density at radius 1 is 1.11 bits per heavy atom. The average Bonchev–Trinajstić information content (AvgIpc) is 2.68. The monoisotopic (exact) mass is 385 g/mol. The van der Waals surface area contributed by atoms with E-state index in [0.29, 0.717) is 19.5 Å². The van der Waals surface area contributed by atoms with Gasteiger partial charge in [0, 0.05) is 25.2 Å². The van der Waals surface area contributed by atoms with Crippen LogP contribution in [-0.4, -0.2) is 23.4 Å². The number of hydrogen-bond acceptors (Lipinski definition) is 2. The molecule has 0 aliphatic carbocycles. The Balaban J connectivity index is 1.97. The van der Waals surface area contributed by atoms with Crippen LogP contribution >= 0.6 is 0 Å². The molecule has 0 spiro atoms. The summed E-state index contributed by atoms with van der Waals surface area (Å²) in [5.41, 5.74) is 2.49. The first-order valence-electron chi connectivity index (χ1n) is 9.63. The number of halogens is 1. The molecule has 1 unspecified atom stereocenters. The number of rotatable bonds is 8. The highest BCUT2D eigenvalue weighted by atomic mass is 19.1. The minimum atomic E-state index is -0.297. The fourth-order valence-electron chi connectivity index (χ4n) is 3.00. The van der Waals surface area contributed by atoms with Crippen molar-refractivity contribution in [1.82, 2.24) is 10.2 Å². The first kappa shape index (κ1) is 21.4. The molecule has 2 aromatic rings. The van der Waals surface area contributed by atoms with E-state index in [1.807, 2.05) is 45.0 Å². The van der Waals surface area contributed by atoms with Crippen molar-refractivity contribution >= 4 is 17.6 Å². The molecule has 0 aliphatic rings. The number of carbonyl (C=O) groups is 2. The van der Waals surface area contributed by atoms with Gasteiger partial charge in [-0.1, -0.05) is 31.2 Å². The number of nitrogens with zero attached hydrogens (tertiary/aromatic N) is 1. The van der Waals surface area contributed by atoms with Gasteiger partial charge in [0.15, 0.2) is 0 Å². The molecule has 0 aromatic heterocycles. The largest absolute Gasteiger partial charge is 0.334 e. The molecule has 0 aliphatic heterocycles. The van der Waals surface area contributed by atoms with Gasteiger partial charge in [-0.3, -0.25) is 4.79 Å². The maximum absolute atomic E-state index is 13.1. The van der Waals surface area contributed by atoms with E-state index in [0.717, 1.165) is 23.2 Å². The number of urea groups is 1. The van der Waals surface area contributed by atoms with Gasteiger partial charge in [-0.2, -0.15) is 0 Å². The molecule has 2 aromatic carbocycles. The van der Waals surface area contributed by atoms with E-state index in [1.54, 1.807) is 17.0 Å². The van der Waals surface area contributed by atoms with Gasteiger partial charge in [-0.15, -0.1) is 0 Å². The molecule has 0 radical (unpaired) electrons. The molecule has 6 heteroatoms. The molecule has 5 nitrogen and oxygen atoms in total. The van der Waals surface area contributed by atoms with Gasteiger partial charge in [-0.25, -0.2) is 9.18 Å². The van der Waals surface area contributed by atoms with Crippen molar-refractivity contribution in [2.45, 2.75) is 46.2 Å².